The molecule has 5 nitrogen and oxygen atoms in total. The van der Waals surface area contributed by atoms with Gasteiger partial charge in [-0.05, 0) is 36.6 Å². The number of carbonyl (C=O) groups is 1. The molecular weight excluding hydrogens is 406 g/mol. The molecule has 3 aromatic carbocycles. The van der Waals surface area contributed by atoms with Gasteiger partial charge in [-0.2, -0.15) is 5.10 Å². The lowest BCUT2D eigenvalue weighted by atomic mass is 10.1. The van der Waals surface area contributed by atoms with Crippen molar-refractivity contribution < 1.29 is 9.53 Å². The first kappa shape index (κ1) is 20.9. The number of ether oxygens (including phenoxy) is 1. The van der Waals surface area contributed by atoms with Crippen molar-refractivity contribution in [3.63, 3.8) is 0 Å². The van der Waals surface area contributed by atoms with Gasteiger partial charge in [0.2, 0.25) is 5.91 Å². The van der Waals surface area contributed by atoms with Crippen LogP contribution in [0.1, 0.15) is 22.3 Å². The van der Waals surface area contributed by atoms with E-state index < -0.39 is 0 Å². The second-order valence-electron chi connectivity index (χ2n) is 7.25. The van der Waals surface area contributed by atoms with Crippen LogP contribution in [0.2, 0.25) is 0 Å². The maximum atomic E-state index is 12.3. The third-order valence-corrected chi connectivity index (χ3v) is 5.89. The molecule has 4 rings (SSSR count). The fourth-order valence-corrected chi connectivity index (χ4v) is 4.09. The Balaban J connectivity index is 1.38. The molecule has 0 aromatic heterocycles. The van der Waals surface area contributed by atoms with E-state index in [0.29, 0.717) is 18.2 Å². The SMILES string of the molecule is Cc1ccc(CC2S/C(=N/N=C/c3ccccc3OCc3ccccc3)NC2=O)cc1. The number of rotatable bonds is 7. The molecule has 0 bridgehead atoms. The molecule has 1 fully saturated rings. The number of carbonyl (C=O) groups excluding carboxylic acids is 1. The Hall–Kier alpha value is -3.38. The minimum Gasteiger partial charge on any atom is -0.488 e. The minimum atomic E-state index is -0.196. The highest BCUT2D eigenvalue weighted by molar-refractivity contribution is 8.15. The van der Waals surface area contributed by atoms with E-state index in [1.807, 2.05) is 54.6 Å². The zero-order chi connectivity index (χ0) is 21.5. The number of amides is 1. The van der Waals surface area contributed by atoms with Gasteiger partial charge in [-0.15, -0.1) is 5.10 Å². The quantitative estimate of drug-likeness (QED) is 0.436. The molecule has 3 aromatic rings. The number of para-hydroxylation sites is 1. The lowest BCUT2D eigenvalue weighted by Crippen LogP contribution is -2.25. The van der Waals surface area contributed by atoms with Crippen molar-refractivity contribution in [3.05, 3.63) is 101 Å². The molecule has 0 saturated carbocycles. The minimum absolute atomic E-state index is 0.0360. The molecular formula is C25H23N3O2S. The van der Waals surface area contributed by atoms with Crippen LogP contribution in [-0.2, 0) is 17.8 Å². The maximum absolute atomic E-state index is 12.3. The zero-order valence-corrected chi connectivity index (χ0v) is 18.0. The van der Waals surface area contributed by atoms with Crippen LogP contribution >= 0.6 is 11.8 Å². The summed E-state index contributed by atoms with van der Waals surface area (Å²) in [6.45, 7) is 2.53. The summed E-state index contributed by atoms with van der Waals surface area (Å²) in [4.78, 5) is 12.3. The molecule has 1 saturated heterocycles. The molecule has 156 valence electrons. The average molecular weight is 430 g/mol. The number of nitrogens with zero attached hydrogens (tertiary/aromatic N) is 2. The van der Waals surface area contributed by atoms with Crippen LogP contribution < -0.4 is 10.1 Å². The highest BCUT2D eigenvalue weighted by Gasteiger charge is 2.30. The van der Waals surface area contributed by atoms with Crippen molar-refractivity contribution in [3.8, 4) is 5.75 Å². The fraction of sp³-hybridized carbons (Fsp3) is 0.160. The van der Waals surface area contributed by atoms with Crippen molar-refractivity contribution >= 4 is 29.1 Å². The number of thioether (sulfide) groups is 1. The Bertz CT molecular complexity index is 1100. The van der Waals surface area contributed by atoms with E-state index in [2.05, 4.69) is 46.7 Å². The molecule has 1 N–H and O–H groups in total. The van der Waals surface area contributed by atoms with Gasteiger partial charge < -0.3 is 10.1 Å². The van der Waals surface area contributed by atoms with E-state index in [1.54, 1.807) is 6.21 Å². The summed E-state index contributed by atoms with van der Waals surface area (Å²) >= 11 is 1.41. The number of hydrogen-bond donors (Lipinski definition) is 1. The third-order valence-electron chi connectivity index (χ3n) is 4.82. The van der Waals surface area contributed by atoms with Crippen LogP contribution in [0.5, 0.6) is 5.75 Å². The first-order valence-electron chi connectivity index (χ1n) is 10.1. The van der Waals surface area contributed by atoms with Gasteiger partial charge in [-0.1, -0.05) is 84.1 Å². The summed E-state index contributed by atoms with van der Waals surface area (Å²) in [7, 11) is 0. The monoisotopic (exact) mass is 429 g/mol. The smallest absolute Gasteiger partial charge is 0.239 e. The van der Waals surface area contributed by atoms with E-state index in [4.69, 9.17) is 4.74 Å². The molecule has 0 radical (unpaired) electrons. The molecule has 1 aliphatic rings. The van der Waals surface area contributed by atoms with E-state index in [9.17, 15) is 4.79 Å². The van der Waals surface area contributed by atoms with Crippen LogP contribution in [0.4, 0.5) is 0 Å². The number of amidine groups is 1. The van der Waals surface area contributed by atoms with Gasteiger partial charge in [0.05, 0.1) is 11.5 Å². The van der Waals surface area contributed by atoms with Crippen molar-refractivity contribution in [1.29, 1.82) is 0 Å². The van der Waals surface area contributed by atoms with Gasteiger partial charge in [0, 0.05) is 5.56 Å². The van der Waals surface area contributed by atoms with Crippen molar-refractivity contribution in [2.45, 2.75) is 25.2 Å². The van der Waals surface area contributed by atoms with Crippen molar-refractivity contribution in [1.82, 2.24) is 5.32 Å². The van der Waals surface area contributed by atoms with E-state index >= 15 is 0 Å². The Morgan fingerprint density at radius 2 is 1.71 bits per heavy atom. The molecule has 1 heterocycles. The van der Waals surface area contributed by atoms with Crippen LogP contribution in [0.25, 0.3) is 0 Å². The van der Waals surface area contributed by atoms with Crippen LogP contribution in [0.15, 0.2) is 89.1 Å². The Labute approximate surface area is 186 Å². The van der Waals surface area contributed by atoms with E-state index in [1.165, 1.54) is 17.3 Å². The van der Waals surface area contributed by atoms with Crippen LogP contribution in [0, 0.1) is 6.92 Å². The van der Waals surface area contributed by atoms with Gasteiger partial charge >= 0.3 is 0 Å². The van der Waals surface area contributed by atoms with Crippen LogP contribution in [0.3, 0.4) is 0 Å². The van der Waals surface area contributed by atoms with Crippen molar-refractivity contribution in [2.24, 2.45) is 10.2 Å². The van der Waals surface area contributed by atoms with Crippen molar-refractivity contribution in [2.75, 3.05) is 0 Å². The second kappa shape index (κ2) is 10.1. The number of benzene rings is 3. The van der Waals surface area contributed by atoms with E-state index in [0.717, 1.165) is 22.4 Å². The summed E-state index contributed by atoms with van der Waals surface area (Å²) in [5, 5.41) is 11.5. The lowest BCUT2D eigenvalue weighted by Gasteiger charge is -2.08. The number of aryl methyl sites for hydroxylation is 1. The second-order valence-corrected chi connectivity index (χ2v) is 8.44. The molecule has 6 heteroatoms. The maximum Gasteiger partial charge on any atom is 0.239 e. The highest BCUT2D eigenvalue weighted by Crippen LogP contribution is 2.24. The third kappa shape index (κ3) is 5.83. The highest BCUT2D eigenvalue weighted by atomic mass is 32.2. The van der Waals surface area contributed by atoms with Gasteiger partial charge in [0.1, 0.15) is 12.4 Å². The normalized spacial score (nSPS) is 17.3. The predicted molar refractivity (Wildman–Crippen MR) is 127 cm³/mol. The Kier molecular flexibility index (Phi) is 6.79. The van der Waals surface area contributed by atoms with Gasteiger partial charge in [-0.3, -0.25) is 4.79 Å². The molecule has 0 aliphatic carbocycles. The van der Waals surface area contributed by atoms with Gasteiger partial charge in [-0.25, -0.2) is 0 Å². The first-order valence-corrected chi connectivity index (χ1v) is 11.0. The topological polar surface area (TPSA) is 63.1 Å². The molecule has 1 atom stereocenters. The summed E-state index contributed by atoms with van der Waals surface area (Å²) in [6.07, 6.45) is 2.31. The predicted octanol–water partition coefficient (Wildman–Crippen LogP) is 4.74. The first-order chi connectivity index (χ1) is 15.2. The molecule has 0 spiro atoms. The Morgan fingerprint density at radius 1 is 0.968 bits per heavy atom. The molecule has 31 heavy (non-hydrogen) atoms. The summed E-state index contributed by atoms with van der Waals surface area (Å²) in [5.41, 5.74) is 4.26. The fourth-order valence-electron chi connectivity index (χ4n) is 3.12. The standard InChI is InChI=1S/C25H23N3O2S/c1-18-11-13-19(14-12-18)15-23-24(29)27-25(31-23)28-26-16-21-9-5-6-10-22(21)30-17-20-7-3-2-4-8-20/h2-14,16,23H,15,17H2,1H3,(H,27,28,29)/b26-16+. The lowest BCUT2D eigenvalue weighted by molar-refractivity contribution is -0.118. The average Bonchev–Trinajstić information content (AvgIpc) is 3.14. The number of nitrogens with one attached hydrogen (secondary N) is 1. The summed E-state index contributed by atoms with van der Waals surface area (Å²) in [6, 6.07) is 25.9. The molecule has 1 amide bonds. The zero-order valence-electron chi connectivity index (χ0n) is 17.2. The van der Waals surface area contributed by atoms with Gasteiger partial charge in [0.15, 0.2) is 5.17 Å². The Morgan fingerprint density at radius 3 is 2.52 bits per heavy atom. The summed E-state index contributed by atoms with van der Waals surface area (Å²) in [5.74, 6) is 0.696. The van der Waals surface area contributed by atoms with Crippen LogP contribution in [-0.4, -0.2) is 22.5 Å². The van der Waals surface area contributed by atoms with E-state index in [-0.39, 0.29) is 11.2 Å². The molecule has 1 aliphatic heterocycles. The summed E-state index contributed by atoms with van der Waals surface area (Å²) < 4.78 is 5.94. The largest absolute Gasteiger partial charge is 0.488 e. The van der Waals surface area contributed by atoms with Gasteiger partial charge in [0.25, 0.3) is 0 Å². The molecule has 1 unspecified atom stereocenters. The number of hydrogen-bond acceptors (Lipinski definition) is 5.